The number of rotatable bonds is 6. The number of methoxy groups -OCH3 is 1. The fourth-order valence-electron chi connectivity index (χ4n) is 3.70. The van der Waals surface area contributed by atoms with E-state index < -0.39 is 0 Å². The Balaban J connectivity index is 1.75. The minimum Gasteiger partial charge on any atom is -0.496 e. The van der Waals surface area contributed by atoms with Gasteiger partial charge in [-0.05, 0) is 51.6 Å². The molecule has 1 aromatic heterocycles. The Bertz CT molecular complexity index is 784. The van der Waals surface area contributed by atoms with Gasteiger partial charge in [-0.1, -0.05) is 6.07 Å². The molecule has 0 N–H and O–H groups in total. The lowest BCUT2D eigenvalue weighted by molar-refractivity contribution is 0.0700. The number of nitrogens with zero attached hydrogens (tertiary/aromatic N) is 4. The topological polar surface area (TPSA) is 50.6 Å². The summed E-state index contributed by atoms with van der Waals surface area (Å²) in [6.07, 6.45) is 5.97. The molecule has 1 fully saturated rings. The SMILES string of the molecule is COc1cc(C)ccc1C(=O)N1CCC[C@H](c2nccn2CCN(C)C)C1. The number of likely N-dealkylation sites (tertiary alicyclic amines) is 1. The fourth-order valence-corrected chi connectivity index (χ4v) is 3.70. The number of likely N-dealkylation sites (N-methyl/N-ethyl adjacent to an activating group) is 1. The quantitative estimate of drug-likeness (QED) is 0.785. The van der Waals surface area contributed by atoms with Crippen LogP contribution in [0.1, 0.15) is 40.5 Å². The highest BCUT2D eigenvalue weighted by molar-refractivity contribution is 5.97. The van der Waals surface area contributed by atoms with Crippen molar-refractivity contribution in [1.82, 2.24) is 19.4 Å². The third kappa shape index (κ3) is 4.50. The smallest absolute Gasteiger partial charge is 0.257 e. The van der Waals surface area contributed by atoms with Crippen molar-refractivity contribution in [2.75, 3.05) is 40.8 Å². The zero-order valence-electron chi connectivity index (χ0n) is 16.8. The van der Waals surface area contributed by atoms with E-state index in [0.717, 1.165) is 43.9 Å². The number of ether oxygens (including phenoxy) is 1. The third-order valence-electron chi connectivity index (χ3n) is 5.20. The van der Waals surface area contributed by atoms with Gasteiger partial charge >= 0.3 is 0 Å². The van der Waals surface area contributed by atoms with Crippen LogP contribution in [0.3, 0.4) is 0 Å². The van der Waals surface area contributed by atoms with E-state index in [0.29, 0.717) is 17.9 Å². The summed E-state index contributed by atoms with van der Waals surface area (Å²) >= 11 is 0. The minimum atomic E-state index is 0.0444. The maximum Gasteiger partial charge on any atom is 0.257 e. The van der Waals surface area contributed by atoms with Gasteiger partial charge in [-0.2, -0.15) is 0 Å². The number of imidazole rings is 1. The standard InChI is InChI=1S/C21H30N4O2/c1-16-7-8-18(19(14-16)27-4)21(26)25-10-5-6-17(15-25)20-22-9-11-24(20)13-12-23(2)3/h7-9,11,14,17H,5-6,10,12-13,15H2,1-4H3/t17-/m0/s1. The Morgan fingerprint density at radius 2 is 2.19 bits per heavy atom. The monoisotopic (exact) mass is 370 g/mol. The van der Waals surface area contributed by atoms with Crippen molar-refractivity contribution in [1.29, 1.82) is 0 Å². The lowest BCUT2D eigenvalue weighted by Gasteiger charge is -2.33. The summed E-state index contributed by atoms with van der Waals surface area (Å²) in [5, 5.41) is 0. The minimum absolute atomic E-state index is 0.0444. The summed E-state index contributed by atoms with van der Waals surface area (Å²) < 4.78 is 7.67. The van der Waals surface area contributed by atoms with Crippen molar-refractivity contribution in [3.63, 3.8) is 0 Å². The van der Waals surface area contributed by atoms with Crippen LogP contribution in [0.4, 0.5) is 0 Å². The first-order valence-electron chi connectivity index (χ1n) is 9.59. The number of hydrogen-bond acceptors (Lipinski definition) is 4. The lowest BCUT2D eigenvalue weighted by Crippen LogP contribution is -2.40. The largest absolute Gasteiger partial charge is 0.496 e. The molecule has 1 amide bonds. The average Bonchev–Trinajstić information content (AvgIpc) is 3.14. The summed E-state index contributed by atoms with van der Waals surface area (Å²) in [7, 11) is 5.77. The van der Waals surface area contributed by atoms with Gasteiger partial charge in [0.25, 0.3) is 5.91 Å². The number of aryl methyl sites for hydroxylation is 1. The van der Waals surface area contributed by atoms with Gasteiger partial charge in [0.15, 0.2) is 0 Å². The second-order valence-corrected chi connectivity index (χ2v) is 7.58. The highest BCUT2D eigenvalue weighted by Crippen LogP contribution is 2.29. The van der Waals surface area contributed by atoms with Crippen LogP contribution in [0.5, 0.6) is 5.75 Å². The fraction of sp³-hybridized carbons (Fsp3) is 0.524. The summed E-state index contributed by atoms with van der Waals surface area (Å²) in [6, 6.07) is 5.76. The molecule has 146 valence electrons. The van der Waals surface area contributed by atoms with Crippen LogP contribution in [-0.2, 0) is 6.54 Å². The number of piperidine rings is 1. The van der Waals surface area contributed by atoms with Crippen molar-refractivity contribution >= 4 is 5.91 Å². The molecule has 0 bridgehead atoms. The van der Waals surface area contributed by atoms with E-state index in [1.54, 1.807) is 7.11 Å². The number of aromatic nitrogens is 2. The molecule has 0 aliphatic carbocycles. The summed E-state index contributed by atoms with van der Waals surface area (Å²) in [4.78, 5) is 21.9. The zero-order valence-corrected chi connectivity index (χ0v) is 16.8. The molecule has 1 aromatic carbocycles. The lowest BCUT2D eigenvalue weighted by atomic mass is 9.96. The Morgan fingerprint density at radius 3 is 2.93 bits per heavy atom. The molecule has 3 rings (SSSR count). The molecule has 1 aliphatic heterocycles. The third-order valence-corrected chi connectivity index (χ3v) is 5.20. The van der Waals surface area contributed by atoms with Gasteiger partial charge < -0.3 is 19.1 Å². The van der Waals surface area contributed by atoms with Crippen molar-refractivity contribution in [2.45, 2.75) is 32.2 Å². The molecule has 1 aliphatic rings. The molecular weight excluding hydrogens is 340 g/mol. The molecule has 0 saturated carbocycles. The number of carbonyl (C=O) groups excluding carboxylic acids is 1. The van der Waals surface area contributed by atoms with Gasteiger partial charge in [0.05, 0.1) is 12.7 Å². The molecule has 6 nitrogen and oxygen atoms in total. The van der Waals surface area contributed by atoms with Crippen molar-refractivity contribution in [3.05, 3.63) is 47.5 Å². The maximum absolute atomic E-state index is 13.1. The second-order valence-electron chi connectivity index (χ2n) is 7.58. The number of benzene rings is 1. The summed E-state index contributed by atoms with van der Waals surface area (Å²) in [5.41, 5.74) is 1.72. The molecule has 27 heavy (non-hydrogen) atoms. The van der Waals surface area contributed by atoms with Crippen molar-refractivity contribution < 1.29 is 9.53 Å². The van der Waals surface area contributed by atoms with Crippen LogP contribution in [0.15, 0.2) is 30.6 Å². The van der Waals surface area contributed by atoms with Crippen LogP contribution < -0.4 is 4.74 Å². The van der Waals surface area contributed by atoms with Crippen LogP contribution >= 0.6 is 0 Å². The molecule has 0 unspecified atom stereocenters. The van der Waals surface area contributed by atoms with Gasteiger partial charge in [-0.3, -0.25) is 4.79 Å². The Labute approximate surface area is 161 Å². The summed E-state index contributed by atoms with van der Waals surface area (Å²) in [5.74, 6) is 2.05. The maximum atomic E-state index is 13.1. The molecule has 0 spiro atoms. The first-order valence-corrected chi connectivity index (χ1v) is 9.59. The van der Waals surface area contributed by atoms with E-state index in [2.05, 4.69) is 28.5 Å². The molecule has 2 heterocycles. The Morgan fingerprint density at radius 1 is 1.37 bits per heavy atom. The van der Waals surface area contributed by atoms with Crippen molar-refractivity contribution in [3.8, 4) is 5.75 Å². The molecule has 1 atom stereocenters. The molecule has 6 heteroatoms. The van der Waals surface area contributed by atoms with E-state index in [1.807, 2.05) is 42.4 Å². The van der Waals surface area contributed by atoms with E-state index in [9.17, 15) is 4.79 Å². The predicted molar refractivity (Wildman–Crippen MR) is 106 cm³/mol. The van der Waals surface area contributed by atoms with Crippen LogP contribution in [0.2, 0.25) is 0 Å². The molecule has 1 saturated heterocycles. The zero-order chi connectivity index (χ0) is 19.4. The van der Waals surface area contributed by atoms with E-state index in [1.165, 1.54) is 0 Å². The van der Waals surface area contributed by atoms with Crippen LogP contribution in [0.25, 0.3) is 0 Å². The van der Waals surface area contributed by atoms with Gasteiger partial charge in [0, 0.05) is 44.5 Å². The Hall–Kier alpha value is -2.34. The van der Waals surface area contributed by atoms with Crippen molar-refractivity contribution in [2.24, 2.45) is 0 Å². The van der Waals surface area contributed by atoms with Gasteiger partial charge in [0.2, 0.25) is 0 Å². The first kappa shape index (κ1) is 19.4. The predicted octanol–water partition coefficient (Wildman–Crippen LogP) is 2.78. The van der Waals surface area contributed by atoms with Gasteiger partial charge in [-0.15, -0.1) is 0 Å². The second kappa shape index (κ2) is 8.57. The van der Waals surface area contributed by atoms with Crippen LogP contribution in [0, 0.1) is 6.92 Å². The highest BCUT2D eigenvalue weighted by Gasteiger charge is 2.29. The van der Waals surface area contributed by atoms with Gasteiger partial charge in [-0.25, -0.2) is 4.98 Å². The van der Waals surface area contributed by atoms with E-state index in [4.69, 9.17) is 4.74 Å². The normalized spacial score (nSPS) is 17.4. The molecule has 2 aromatic rings. The number of hydrogen-bond donors (Lipinski definition) is 0. The summed E-state index contributed by atoms with van der Waals surface area (Å²) in [6.45, 7) is 5.37. The number of amides is 1. The van der Waals surface area contributed by atoms with E-state index >= 15 is 0 Å². The van der Waals surface area contributed by atoms with Crippen LogP contribution in [-0.4, -0.2) is 66.1 Å². The highest BCUT2D eigenvalue weighted by atomic mass is 16.5. The van der Waals surface area contributed by atoms with E-state index in [-0.39, 0.29) is 11.8 Å². The first-order chi connectivity index (χ1) is 13.0. The molecule has 0 radical (unpaired) electrons. The number of carbonyl (C=O) groups is 1. The average molecular weight is 370 g/mol. The van der Waals surface area contributed by atoms with Gasteiger partial charge in [0.1, 0.15) is 11.6 Å². The Kier molecular flexibility index (Phi) is 6.16. The molecular formula is C21H30N4O2.